The molecule has 2 aliphatic heterocycles. The molecule has 1 amide bonds. The second kappa shape index (κ2) is 5.83. The highest BCUT2D eigenvalue weighted by Crippen LogP contribution is 2.25. The van der Waals surface area contributed by atoms with Crippen molar-refractivity contribution in [3.63, 3.8) is 0 Å². The zero-order valence-corrected chi connectivity index (χ0v) is 10.7. The average molecular weight is 240 g/mol. The molecule has 2 atom stereocenters. The van der Waals surface area contributed by atoms with Crippen LogP contribution < -0.4 is 5.32 Å². The van der Waals surface area contributed by atoms with Gasteiger partial charge in [0, 0.05) is 32.0 Å². The third-order valence-electron chi connectivity index (χ3n) is 4.28. The third kappa shape index (κ3) is 3.19. The number of carbonyl (C=O) groups excluding carboxylic acids is 1. The first-order valence-electron chi connectivity index (χ1n) is 6.80. The van der Waals surface area contributed by atoms with Gasteiger partial charge in [-0.1, -0.05) is 6.92 Å². The van der Waals surface area contributed by atoms with Crippen molar-refractivity contribution in [3.8, 4) is 0 Å². The fourth-order valence-corrected chi connectivity index (χ4v) is 2.94. The van der Waals surface area contributed by atoms with Gasteiger partial charge >= 0.3 is 0 Å². The van der Waals surface area contributed by atoms with E-state index in [-0.39, 0.29) is 12.5 Å². The Morgan fingerprint density at radius 3 is 2.65 bits per heavy atom. The normalized spacial score (nSPS) is 30.8. The van der Waals surface area contributed by atoms with Crippen LogP contribution in [0.4, 0.5) is 0 Å². The Bertz CT molecular complexity index is 264. The highest BCUT2D eigenvalue weighted by molar-refractivity contribution is 5.76. The summed E-state index contributed by atoms with van der Waals surface area (Å²) in [4.78, 5) is 14.1. The van der Waals surface area contributed by atoms with Crippen molar-refractivity contribution in [3.05, 3.63) is 0 Å². The fraction of sp³-hybridized carbons (Fsp3) is 0.923. The lowest BCUT2D eigenvalue weighted by Crippen LogP contribution is -2.34. The molecule has 4 heteroatoms. The predicted molar refractivity (Wildman–Crippen MR) is 66.5 cm³/mol. The number of nitrogens with one attached hydrogen (secondary N) is 1. The maximum atomic E-state index is 12.1. The Balaban J connectivity index is 1.80. The van der Waals surface area contributed by atoms with Crippen LogP contribution in [-0.4, -0.2) is 48.7 Å². The number of hydrogen-bond donors (Lipinski definition) is 2. The first kappa shape index (κ1) is 12.8. The zero-order valence-electron chi connectivity index (χ0n) is 10.7. The average Bonchev–Trinajstić information content (AvgIpc) is 2.72. The highest BCUT2D eigenvalue weighted by Gasteiger charge is 2.32. The molecule has 2 saturated heterocycles. The molecule has 17 heavy (non-hydrogen) atoms. The molecule has 2 rings (SSSR count). The summed E-state index contributed by atoms with van der Waals surface area (Å²) in [5, 5.41) is 12.5. The summed E-state index contributed by atoms with van der Waals surface area (Å²) in [6.07, 6.45) is 2.95. The van der Waals surface area contributed by atoms with E-state index in [9.17, 15) is 9.90 Å². The van der Waals surface area contributed by atoms with Crippen LogP contribution in [0, 0.1) is 17.8 Å². The molecule has 0 radical (unpaired) electrons. The predicted octanol–water partition coefficient (Wildman–Crippen LogP) is 0.463. The van der Waals surface area contributed by atoms with Gasteiger partial charge in [-0.15, -0.1) is 0 Å². The minimum absolute atomic E-state index is 0.207. The zero-order chi connectivity index (χ0) is 12.3. The van der Waals surface area contributed by atoms with Gasteiger partial charge in [0.05, 0.1) is 0 Å². The molecular formula is C13H24N2O2. The van der Waals surface area contributed by atoms with Crippen LogP contribution in [0.15, 0.2) is 0 Å². The molecule has 2 fully saturated rings. The number of nitrogens with zero attached hydrogens (tertiary/aromatic N) is 1. The Labute approximate surface area is 103 Å². The van der Waals surface area contributed by atoms with Gasteiger partial charge in [-0.2, -0.15) is 0 Å². The van der Waals surface area contributed by atoms with Crippen LogP contribution in [0.25, 0.3) is 0 Å². The summed E-state index contributed by atoms with van der Waals surface area (Å²) >= 11 is 0. The maximum absolute atomic E-state index is 12.1. The maximum Gasteiger partial charge on any atom is 0.222 e. The van der Waals surface area contributed by atoms with Crippen LogP contribution in [0.5, 0.6) is 0 Å². The second-order valence-corrected chi connectivity index (χ2v) is 5.62. The van der Waals surface area contributed by atoms with Crippen molar-refractivity contribution < 1.29 is 9.90 Å². The van der Waals surface area contributed by atoms with Gasteiger partial charge in [0.15, 0.2) is 0 Å². The number of rotatable bonds is 3. The lowest BCUT2D eigenvalue weighted by atomic mass is 9.94. The summed E-state index contributed by atoms with van der Waals surface area (Å²) in [6.45, 7) is 6.01. The number of amides is 1. The molecule has 0 saturated carbocycles. The van der Waals surface area contributed by atoms with Crippen molar-refractivity contribution in [1.82, 2.24) is 10.2 Å². The van der Waals surface area contributed by atoms with Crippen LogP contribution in [0.1, 0.15) is 26.2 Å². The van der Waals surface area contributed by atoms with Crippen molar-refractivity contribution in [2.24, 2.45) is 17.8 Å². The minimum Gasteiger partial charge on any atom is -0.396 e. The molecule has 0 aromatic heterocycles. The van der Waals surface area contributed by atoms with E-state index in [1.54, 1.807) is 0 Å². The Morgan fingerprint density at radius 2 is 2.06 bits per heavy atom. The topological polar surface area (TPSA) is 52.6 Å². The van der Waals surface area contributed by atoms with E-state index in [1.807, 2.05) is 4.90 Å². The van der Waals surface area contributed by atoms with Gasteiger partial charge in [0.2, 0.25) is 5.91 Å². The molecule has 98 valence electrons. The summed E-state index contributed by atoms with van der Waals surface area (Å²) in [7, 11) is 0. The Hall–Kier alpha value is -0.610. The van der Waals surface area contributed by atoms with Crippen molar-refractivity contribution in [1.29, 1.82) is 0 Å². The number of hydrogen-bond acceptors (Lipinski definition) is 3. The molecule has 2 aliphatic rings. The van der Waals surface area contributed by atoms with Crippen LogP contribution >= 0.6 is 0 Å². The molecule has 0 unspecified atom stereocenters. The van der Waals surface area contributed by atoms with E-state index in [4.69, 9.17) is 0 Å². The van der Waals surface area contributed by atoms with E-state index in [0.29, 0.717) is 24.2 Å². The number of aliphatic hydroxyl groups is 1. The lowest BCUT2D eigenvalue weighted by Gasteiger charge is -2.24. The Morgan fingerprint density at radius 1 is 1.35 bits per heavy atom. The monoisotopic (exact) mass is 240 g/mol. The first-order valence-corrected chi connectivity index (χ1v) is 6.80. The second-order valence-electron chi connectivity index (χ2n) is 5.62. The molecule has 0 bridgehead atoms. The number of likely N-dealkylation sites (tertiary alicyclic amines) is 1. The largest absolute Gasteiger partial charge is 0.396 e. The van der Waals surface area contributed by atoms with Crippen LogP contribution in [0.2, 0.25) is 0 Å². The van der Waals surface area contributed by atoms with Crippen LogP contribution in [-0.2, 0) is 4.79 Å². The van der Waals surface area contributed by atoms with E-state index in [0.717, 1.165) is 39.0 Å². The van der Waals surface area contributed by atoms with Gasteiger partial charge in [0.25, 0.3) is 0 Å². The number of carbonyl (C=O) groups is 1. The molecule has 0 aliphatic carbocycles. The summed E-state index contributed by atoms with van der Waals surface area (Å²) in [5.41, 5.74) is 0. The third-order valence-corrected chi connectivity index (χ3v) is 4.28. The molecule has 4 nitrogen and oxygen atoms in total. The summed E-state index contributed by atoms with van der Waals surface area (Å²) in [5.74, 6) is 1.58. The van der Waals surface area contributed by atoms with E-state index >= 15 is 0 Å². The standard InChI is InChI=1S/C13H24N2O2/c1-10-7-15(8-12(10)9-16)13(17)6-11-2-4-14-5-3-11/h10-12,14,16H,2-9H2,1H3/t10-,12-/m1/s1. The van der Waals surface area contributed by atoms with E-state index in [2.05, 4.69) is 12.2 Å². The van der Waals surface area contributed by atoms with Crippen LogP contribution in [0.3, 0.4) is 0 Å². The van der Waals surface area contributed by atoms with Gasteiger partial charge in [-0.3, -0.25) is 4.79 Å². The summed E-state index contributed by atoms with van der Waals surface area (Å²) in [6, 6.07) is 0. The quantitative estimate of drug-likeness (QED) is 0.753. The van der Waals surface area contributed by atoms with E-state index in [1.165, 1.54) is 0 Å². The summed E-state index contributed by atoms with van der Waals surface area (Å²) < 4.78 is 0. The van der Waals surface area contributed by atoms with Gasteiger partial charge in [0.1, 0.15) is 0 Å². The fourth-order valence-electron chi connectivity index (χ4n) is 2.94. The molecule has 0 aromatic rings. The highest BCUT2D eigenvalue weighted by atomic mass is 16.3. The molecular weight excluding hydrogens is 216 g/mol. The lowest BCUT2D eigenvalue weighted by molar-refractivity contribution is -0.131. The SMILES string of the molecule is C[C@@H]1CN(C(=O)CC2CCNCC2)C[C@@H]1CO. The first-order chi connectivity index (χ1) is 8.20. The molecule has 0 spiro atoms. The minimum atomic E-state index is 0.207. The van der Waals surface area contributed by atoms with Gasteiger partial charge in [-0.25, -0.2) is 0 Å². The van der Waals surface area contributed by atoms with Gasteiger partial charge < -0.3 is 15.3 Å². The van der Waals surface area contributed by atoms with Crippen molar-refractivity contribution in [2.75, 3.05) is 32.8 Å². The van der Waals surface area contributed by atoms with Crippen molar-refractivity contribution in [2.45, 2.75) is 26.2 Å². The number of aliphatic hydroxyl groups excluding tert-OH is 1. The molecule has 0 aromatic carbocycles. The molecule has 2 heterocycles. The molecule has 2 N–H and O–H groups in total. The Kier molecular flexibility index (Phi) is 4.40. The number of piperidine rings is 1. The van der Waals surface area contributed by atoms with Gasteiger partial charge in [-0.05, 0) is 37.8 Å². The van der Waals surface area contributed by atoms with E-state index < -0.39 is 0 Å². The smallest absolute Gasteiger partial charge is 0.222 e. The van der Waals surface area contributed by atoms with Crippen molar-refractivity contribution >= 4 is 5.91 Å².